The summed E-state index contributed by atoms with van der Waals surface area (Å²) >= 11 is 0. The third-order valence-corrected chi connectivity index (χ3v) is 2.16. The number of urea groups is 1. The Morgan fingerprint density at radius 3 is 2.70 bits per heavy atom. The van der Waals surface area contributed by atoms with Crippen LogP contribution in [0.5, 0.6) is 0 Å². The van der Waals surface area contributed by atoms with E-state index in [9.17, 15) is 14.4 Å². The summed E-state index contributed by atoms with van der Waals surface area (Å²) in [5.41, 5.74) is 0.240. The maximum atomic E-state index is 11.5. The van der Waals surface area contributed by atoms with Crippen LogP contribution in [0.4, 0.5) is 4.79 Å². The molecule has 0 saturated carbocycles. The first kappa shape index (κ1) is 15.6. The quantitative estimate of drug-likeness (QED) is 0.774. The molecule has 1 heterocycles. The molecule has 0 spiro atoms. The van der Waals surface area contributed by atoms with Crippen molar-refractivity contribution in [3.8, 4) is 0 Å². The summed E-state index contributed by atoms with van der Waals surface area (Å²) in [5.74, 6) is -1.08. The third kappa shape index (κ3) is 5.94. The third-order valence-electron chi connectivity index (χ3n) is 2.16. The summed E-state index contributed by atoms with van der Waals surface area (Å²) in [4.78, 5) is 37.9. The number of imide groups is 1. The minimum atomic E-state index is -0.691. The van der Waals surface area contributed by atoms with Crippen LogP contribution in [0.25, 0.3) is 0 Å². The number of ether oxygens (including phenoxy) is 1. The van der Waals surface area contributed by atoms with Gasteiger partial charge in [0.1, 0.15) is 0 Å². The van der Waals surface area contributed by atoms with Gasteiger partial charge in [-0.2, -0.15) is 0 Å². The lowest BCUT2D eigenvalue weighted by molar-refractivity contribution is -0.123. The number of hydrogen-bond acceptors (Lipinski definition) is 5. The first-order chi connectivity index (χ1) is 9.49. The van der Waals surface area contributed by atoms with Crippen molar-refractivity contribution in [2.45, 2.75) is 13.8 Å². The van der Waals surface area contributed by atoms with Gasteiger partial charge in [-0.25, -0.2) is 9.59 Å². The molecule has 7 heteroatoms. The number of pyridine rings is 1. The van der Waals surface area contributed by atoms with Crippen LogP contribution < -0.4 is 10.6 Å². The van der Waals surface area contributed by atoms with Crippen LogP contribution in [0.3, 0.4) is 0 Å². The highest BCUT2D eigenvalue weighted by Crippen LogP contribution is 1.98. The van der Waals surface area contributed by atoms with Crippen LogP contribution in [-0.2, 0) is 9.53 Å². The van der Waals surface area contributed by atoms with Gasteiger partial charge in [0, 0.05) is 18.9 Å². The normalized spacial score (nSPS) is 9.95. The fourth-order valence-electron chi connectivity index (χ4n) is 1.20. The molecular formula is C13H17N3O4. The van der Waals surface area contributed by atoms with Crippen molar-refractivity contribution in [3.63, 3.8) is 0 Å². The van der Waals surface area contributed by atoms with Gasteiger partial charge < -0.3 is 10.1 Å². The second kappa shape index (κ2) is 7.88. The van der Waals surface area contributed by atoms with Crippen molar-refractivity contribution >= 4 is 17.9 Å². The maximum Gasteiger partial charge on any atom is 0.340 e. The topological polar surface area (TPSA) is 97.4 Å². The van der Waals surface area contributed by atoms with E-state index in [2.05, 4.69) is 15.6 Å². The molecule has 7 nitrogen and oxygen atoms in total. The van der Waals surface area contributed by atoms with E-state index in [1.54, 1.807) is 6.07 Å². The first-order valence-corrected chi connectivity index (χ1v) is 6.14. The number of carbonyl (C=O) groups excluding carboxylic acids is 3. The van der Waals surface area contributed by atoms with Crippen molar-refractivity contribution in [3.05, 3.63) is 30.1 Å². The van der Waals surface area contributed by atoms with Gasteiger partial charge >= 0.3 is 12.0 Å². The number of rotatable bonds is 5. The summed E-state index contributed by atoms with van der Waals surface area (Å²) in [7, 11) is 0. The minimum absolute atomic E-state index is 0.240. The Balaban J connectivity index is 2.30. The van der Waals surface area contributed by atoms with Crippen molar-refractivity contribution in [1.29, 1.82) is 0 Å². The van der Waals surface area contributed by atoms with Gasteiger partial charge in [0.05, 0.1) is 5.56 Å². The molecule has 0 aromatic carbocycles. The predicted molar refractivity (Wildman–Crippen MR) is 70.9 cm³/mol. The fourth-order valence-corrected chi connectivity index (χ4v) is 1.20. The fraction of sp³-hybridized carbons (Fsp3) is 0.385. The van der Waals surface area contributed by atoms with Crippen LogP contribution in [0.1, 0.15) is 24.2 Å². The Hall–Kier alpha value is -2.44. The van der Waals surface area contributed by atoms with E-state index in [0.717, 1.165) is 0 Å². The van der Waals surface area contributed by atoms with Crippen molar-refractivity contribution < 1.29 is 19.1 Å². The summed E-state index contributed by atoms with van der Waals surface area (Å²) in [5, 5.41) is 4.57. The van der Waals surface area contributed by atoms with Crippen molar-refractivity contribution in [2.24, 2.45) is 5.92 Å². The Morgan fingerprint density at radius 2 is 2.10 bits per heavy atom. The monoisotopic (exact) mass is 279 g/mol. The van der Waals surface area contributed by atoms with E-state index in [1.165, 1.54) is 18.5 Å². The molecule has 0 atom stereocenters. The number of nitrogens with zero attached hydrogens (tertiary/aromatic N) is 1. The highest BCUT2D eigenvalue weighted by atomic mass is 16.5. The molecule has 0 bridgehead atoms. The maximum absolute atomic E-state index is 11.5. The molecule has 1 rings (SSSR count). The standard InChI is InChI=1S/C13H17N3O4/c1-9(2)6-15-13(19)16-11(17)8-20-12(18)10-4-3-5-14-7-10/h3-5,7,9H,6,8H2,1-2H3,(H2,15,16,17,19). The zero-order chi connectivity index (χ0) is 15.0. The molecule has 108 valence electrons. The molecule has 0 radical (unpaired) electrons. The van der Waals surface area contributed by atoms with Crippen LogP contribution in [0, 0.1) is 5.92 Å². The van der Waals surface area contributed by atoms with Crippen molar-refractivity contribution in [2.75, 3.05) is 13.2 Å². The van der Waals surface area contributed by atoms with Crippen molar-refractivity contribution in [1.82, 2.24) is 15.6 Å². The highest BCUT2D eigenvalue weighted by Gasteiger charge is 2.12. The molecule has 0 fully saturated rings. The molecule has 0 aliphatic heterocycles. The van der Waals surface area contributed by atoms with Gasteiger partial charge in [0.15, 0.2) is 6.61 Å². The highest BCUT2D eigenvalue weighted by molar-refractivity contribution is 5.96. The van der Waals surface area contributed by atoms with E-state index in [1.807, 2.05) is 13.8 Å². The molecule has 1 aromatic heterocycles. The average Bonchev–Trinajstić information content (AvgIpc) is 2.43. The van der Waals surface area contributed by atoms with Gasteiger partial charge in [-0.1, -0.05) is 13.8 Å². The van der Waals surface area contributed by atoms with Crippen LogP contribution in [0.15, 0.2) is 24.5 Å². The number of carbonyl (C=O) groups is 3. The molecule has 2 N–H and O–H groups in total. The lowest BCUT2D eigenvalue weighted by atomic mass is 10.2. The summed E-state index contributed by atoms with van der Waals surface area (Å²) in [6.45, 7) is 3.78. The second-order valence-electron chi connectivity index (χ2n) is 4.47. The minimum Gasteiger partial charge on any atom is -0.452 e. The molecule has 1 aromatic rings. The molecule has 0 unspecified atom stereocenters. The van der Waals surface area contributed by atoms with Gasteiger partial charge in [-0.05, 0) is 18.1 Å². The van der Waals surface area contributed by atoms with Crippen LogP contribution in [0.2, 0.25) is 0 Å². The van der Waals surface area contributed by atoms with Crippen LogP contribution >= 0.6 is 0 Å². The Kier molecular flexibility index (Phi) is 6.15. The molecular weight excluding hydrogens is 262 g/mol. The van der Waals surface area contributed by atoms with Gasteiger partial charge in [0.25, 0.3) is 5.91 Å². The summed E-state index contributed by atoms with van der Waals surface area (Å²) in [6, 6.07) is 2.49. The van der Waals surface area contributed by atoms with E-state index in [4.69, 9.17) is 4.74 Å². The zero-order valence-electron chi connectivity index (χ0n) is 11.4. The zero-order valence-corrected chi connectivity index (χ0v) is 11.4. The number of aromatic nitrogens is 1. The van der Waals surface area contributed by atoms with Gasteiger partial charge in [-0.15, -0.1) is 0 Å². The van der Waals surface area contributed by atoms with E-state index in [0.29, 0.717) is 6.54 Å². The summed E-state index contributed by atoms with van der Waals surface area (Å²) in [6.07, 6.45) is 2.85. The molecule has 20 heavy (non-hydrogen) atoms. The van der Waals surface area contributed by atoms with E-state index >= 15 is 0 Å². The Labute approximate surface area is 116 Å². The van der Waals surface area contributed by atoms with Crippen LogP contribution in [-0.4, -0.2) is 36.0 Å². The molecule has 0 aliphatic carbocycles. The van der Waals surface area contributed by atoms with E-state index < -0.39 is 24.5 Å². The largest absolute Gasteiger partial charge is 0.452 e. The Bertz CT molecular complexity index is 474. The summed E-state index contributed by atoms with van der Waals surface area (Å²) < 4.78 is 4.75. The van der Waals surface area contributed by atoms with Gasteiger partial charge in [0.2, 0.25) is 0 Å². The second-order valence-corrected chi connectivity index (χ2v) is 4.47. The SMILES string of the molecule is CC(C)CNC(=O)NC(=O)COC(=O)c1cccnc1. The molecule has 0 aliphatic rings. The predicted octanol–water partition coefficient (Wildman–Crippen LogP) is 0.720. The van der Waals surface area contributed by atoms with E-state index in [-0.39, 0.29) is 11.5 Å². The van der Waals surface area contributed by atoms with Gasteiger partial charge in [-0.3, -0.25) is 15.1 Å². The Morgan fingerprint density at radius 1 is 1.35 bits per heavy atom. The lowest BCUT2D eigenvalue weighted by Gasteiger charge is -2.08. The number of esters is 1. The first-order valence-electron chi connectivity index (χ1n) is 6.14. The smallest absolute Gasteiger partial charge is 0.340 e. The number of amides is 3. The number of nitrogens with one attached hydrogen (secondary N) is 2. The number of hydrogen-bond donors (Lipinski definition) is 2. The molecule has 3 amide bonds. The molecule has 0 saturated heterocycles. The average molecular weight is 279 g/mol. The lowest BCUT2D eigenvalue weighted by Crippen LogP contribution is -2.42.